The molecule has 0 radical (unpaired) electrons. The van der Waals surface area contributed by atoms with Crippen LogP contribution in [0.15, 0.2) is 11.6 Å². The standard InChI is InChI=1S/C12H22.C3H6O/c1-3-7-11(2)10-12-8-5-4-6-9-12;1-3(2)4/h8,11H,3-7,9-10H2,1-2H3;1-2H3. The van der Waals surface area contributed by atoms with Crippen LogP contribution in [0.5, 0.6) is 0 Å². The van der Waals surface area contributed by atoms with E-state index in [2.05, 4.69) is 19.9 Å². The molecule has 0 saturated heterocycles. The van der Waals surface area contributed by atoms with Gasteiger partial charge in [0.2, 0.25) is 0 Å². The third-order valence-corrected chi connectivity index (χ3v) is 2.78. The van der Waals surface area contributed by atoms with Crippen LogP contribution >= 0.6 is 0 Å². The highest BCUT2D eigenvalue weighted by Crippen LogP contribution is 2.25. The first-order chi connectivity index (χ1) is 7.56. The van der Waals surface area contributed by atoms with Crippen LogP contribution in [-0.4, -0.2) is 5.78 Å². The van der Waals surface area contributed by atoms with Crippen LogP contribution in [0.4, 0.5) is 0 Å². The molecule has 16 heavy (non-hydrogen) atoms. The highest BCUT2D eigenvalue weighted by Gasteiger charge is 2.07. The van der Waals surface area contributed by atoms with E-state index in [1.807, 2.05) is 0 Å². The van der Waals surface area contributed by atoms with Gasteiger partial charge in [-0.3, -0.25) is 0 Å². The molecule has 1 rings (SSSR count). The first-order valence-corrected chi connectivity index (χ1v) is 6.71. The summed E-state index contributed by atoms with van der Waals surface area (Å²) in [5.41, 5.74) is 1.74. The lowest BCUT2D eigenvalue weighted by Crippen LogP contribution is -1.99. The predicted octanol–water partition coefficient (Wildman–Crippen LogP) is 4.91. The molecule has 0 fully saturated rings. The zero-order valence-electron chi connectivity index (χ0n) is 11.5. The monoisotopic (exact) mass is 224 g/mol. The Kier molecular flexibility index (Phi) is 9.27. The number of Topliss-reactive ketones (excluding diaryl/α,β-unsaturated/α-hetero) is 1. The van der Waals surface area contributed by atoms with Gasteiger partial charge in [0, 0.05) is 0 Å². The summed E-state index contributed by atoms with van der Waals surface area (Å²) in [5.74, 6) is 1.08. The van der Waals surface area contributed by atoms with E-state index < -0.39 is 0 Å². The first-order valence-electron chi connectivity index (χ1n) is 6.71. The van der Waals surface area contributed by atoms with Gasteiger partial charge in [0.15, 0.2) is 0 Å². The van der Waals surface area contributed by atoms with Crippen LogP contribution in [0.2, 0.25) is 0 Å². The first kappa shape index (κ1) is 15.4. The Morgan fingerprint density at radius 1 is 1.38 bits per heavy atom. The maximum absolute atomic E-state index is 9.44. The molecule has 0 aromatic carbocycles. The number of allylic oxidation sites excluding steroid dienone is 2. The number of hydrogen-bond acceptors (Lipinski definition) is 1. The van der Waals surface area contributed by atoms with Crippen molar-refractivity contribution in [2.75, 3.05) is 0 Å². The second-order valence-corrected chi connectivity index (χ2v) is 5.11. The molecule has 1 atom stereocenters. The van der Waals surface area contributed by atoms with Crippen molar-refractivity contribution in [1.29, 1.82) is 0 Å². The molecule has 0 amide bonds. The Bertz CT molecular complexity index is 211. The zero-order valence-corrected chi connectivity index (χ0v) is 11.5. The summed E-state index contributed by atoms with van der Waals surface area (Å²) < 4.78 is 0. The Morgan fingerprint density at radius 2 is 2.00 bits per heavy atom. The molecule has 0 aliphatic heterocycles. The Morgan fingerprint density at radius 3 is 2.44 bits per heavy atom. The molecule has 0 aromatic heterocycles. The molecule has 1 unspecified atom stereocenters. The summed E-state index contributed by atoms with van der Waals surface area (Å²) >= 11 is 0. The molecule has 0 bridgehead atoms. The summed E-state index contributed by atoms with van der Waals surface area (Å²) in [4.78, 5) is 9.44. The number of carbonyl (C=O) groups excluding carboxylic acids is 1. The molecule has 0 heterocycles. The third-order valence-electron chi connectivity index (χ3n) is 2.78. The van der Waals surface area contributed by atoms with E-state index in [1.54, 1.807) is 5.57 Å². The van der Waals surface area contributed by atoms with Gasteiger partial charge in [-0.15, -0.1) is 0 Å². The van der Waals surface area contributed by atoms with Crippen LogP contribution < -0.4 is 0 Å². The zero-order chi connectivity index (χ0) is 12.4. The number of rotatable bonds is 4. The Balaban J connectivity index is 0.000000487. The van der Waals surface area contributed by atoms with Gasteiger partial charge < -0.3 is 4.79 Å². The minimum atomic E-state index is 0.167. The largest absolute Gasteiger partial charge is 0.300 e. The van der Waals surface area contributed by atoms with E-state index in [9.17, 15) is 4.79 Å². The van der Waals surface area contributed by atoms with Crippen molar-refractivity contribution in [2.45, 2.75) is 72.6 Å². The molecule has 0 aromatic rings. The summed E-state index contributed by atoms with van der Waals surface area (Å²) in [6.45, 7) is 7.73. The van der Waals surface area contributed by atoms with E-state index in [0.717, 1.165) is 5.92 Å². The van der Waals surface area contributed by atoms with Crippen molar-refractivity contribution >= 4 is 5.78 Å². The van der Waals surface area contributed by atoms with Crippen molar-refractivity contribution in [2.24, 2.45) is 5.92 Å². The number of hydrogen-bond donors (Lipinski definition) is 0. The molecule has 1 nitrogen and oxygen atoms in total. The van der Waals surface area contributed by atoms with Gasteiger partial charge in [-0.1, -0.05) is 38.3 Å². The minimum Gasteiger partial charge on any atom is -0.300 e. The molecule has 1 heteroatoms. The van der Waals surface area contributed by atoms with Gasteiger partial charge in [-0.2, -0.15) is 0 Å². The lowest BCUT2D eigenvalue weighted by Gasteiger charge is -2.16. The third kappa shape index (κ3) is 9.95. The molecular weight excluding hydrogens is 196 g/mol. The molecule has 1 aliphatic carbocycles. The van der Waals surface area contributed by atoms with Crippen molar-refractivity contribution in [1.82, 2.24) is 0 Å². The summed E-state index contributed by atoms with van der Waals surface area (Å²) in [6.07, 6.45) is 12.2. The lowest BCUT2D eigenvalue weighted by molar-refractivity contribution is -0.114. The van der Waals surface area contributed by atoms with E-state index in [4.69, 9.17) is 0 Å². The quantitative estimate of drug-likeness (QED) is 0.620. The van der Waals surface area contributed by atoms with Gasteiger partial charge in [0.05, 0.1) is 0 Å². The summed E-state index contributed by atoms with van der Waals surface area (Å²) in [7, 11) is 0. The van der Waals surface area contributed by atoms with Gasteiger partial charge >= 0.3 is 0 Å². The topological polar surface area (TPSA) is 17.1 Å². The van der Waals surface area contributed by atoms with Crippen molar-refractivity contribution in [3.05, 3.63) is 11.6 Å². The molecule has 0 spiro atoms. The Hall–Kier alpha value is -0.590. The average molecular weight is 224 g/mol. The second-order valence-electron chi connectivity index (χ2n) is 5.11. The normalized spacial score (nSPS) is 16.9. The lowest BCUT2D eigenvalue weighted by atomic mass is 9.90. The fraction of sp³-hybridized carbons (Fsp3) is 0.800. The number of carbonyl (C=O) groups is 1. The smallest absolute Gasteiger partial charge is 0.126 e. The maximum atomic E-state index is 9.44. The predicted molar refractivity (Wildman–Crippen MR) is 71.6 cm³/mol. The van der Waals surface area contributed by atoms with E-state index in [0.29, 0.717) is 0 Å². The number of ketones is 1. The van der Waals surface area contributed by atoms with Crippen molar-refractivity contribution < 1.29 is 4.79 Å². The van der Waals surface area contributed by atoms with Crippen LogP contribution in [0.1, 0.15) is 72.6 Å². The summed E-state index contributed by atoms with van der Waals surface area (Å²) in [5, 5.41) is 0. The Labute approximate surface area is 101 Å². The van der Waals surface area contributed by atoms with Gasteiger partial charge in [-0.05, 0) is 51.9 Å². The van der Waals surface area contributed by atoms with Gasteiger partial charge in [-0.25, -0.2) is 0 Å². The highest BCUT2D eigenvalue weighted by atomic mass is 16.1. The van der Waals surface area contributed by atoms with E-state index >= 15 is 0 Å². The van der Waals surface area contributed by atoms with E-state index in [1.165, 1.54) is 58.8 Å². The van der Waals surface area contributed by atoms with Gasteiger partial charge in [0.1, 0.15) is 5.78 Å². The summed E-state index contributed by atoms with van der Waals surface area (Å²) in [6, 6.07) is 0. The van der Waals surface area contributed by atoms with Crippen molar-refractivity contribution in [3.8, 4) is 0 Å². The molecule has 0 saturated carbocycles. The molecule has 1 aliphatic rings. The van der Waals surface area contributed by atoms with Crippen LogP contribution in [0, 0.1) is 5.92 Å². The highest BCUT2D eigenvalue weighted by molar-refractivity contribution is 5.72. The van der Waals surface area contributed by atoms with Gasteiger partial charge in [0.25, 0.3) is 0 Å². The second kappa shape index (κ2) is 9.62. The molecular formula is C15H28O. The molecule has 0 N–H and O–H groups in total. The average Bonchev–Trinajstić information content (AvgIpc) is 2.18. The molecule has 94 valence electrons. The van der Waals surface area contributed by atoms with Crippen molar-refractivity contribution in [3.63, 3.8) is 0 Å². The minimum absolute atomic E-state index is 0.167. The maximum Gasteiger partial charge on any atom is 0.126 e. The van der Waals surface area contributed by atoms with E-state index in [-0.39, 0.29) is 5.78 Å². The van der Waals surface area contributed by atoms with Crippen LogP contribution in [0.25, 0.3) is 0 Å². The van der Waals surface area contributed by atoms with Crippen LogP contribution in [0.3, 0.4) is 0 Å². The van der Waals surface area contributed by atoms with Crippen LogP contribution in [-0.2, 0) is 4.79 Å². The SMILES string of the molecule is CC(C)=O.CCCC(C)CC1=CCCCC1. The fourth-order valence-electron chi connectivity index (χ4n) is 2.13. The fourth-order valence-corrected chi connectivity index (χ4v) is 2.13.